The van der Waals surface area contributed by atoms with Gasteiger partial charge in [0.25, 0.3) is 0 Å². The Hall–Kier alpha value is -3.80. The Morgan fingerprint density at radius 1 is 0.895 bits per heavy atom. The lowest BCUT2D eigenvalue weighted by Crippen LogP contribution is -2.46. The van der Waals surface area contributed by atoms with Gasteiger partial charge in [0, 0.05) is 25.6 Å². The molecule has 198 valence electrons. The monoisotopic (exact) mass is 512 g/mol. The summed E-state index contributed by atoms with van der Waals surface area (Å²) in [7, 11) is 0. The predicted octanol–water partition coefficient (Wildman–Crippen LogP) is 6.49. The van der Waals surface area contributed by atoms with E-state index in [0.29, 0.717) is 26.1 Å². The van der Waals surface area contributed by atoms with Crippen molar-refractivity contribution in [3.8, 4) is 11.1 Å². The third-order valence-corrected chi connectivity index (χ3v) is 7.31. The summed E-state index contributed by atoms with van der Waals surface area (Å²) < 4.78 is 11.6. The molecule has 1 aliphatic heterocycles. The van der Waals surface area contributed by atoms with Crippen molar-refractivity contribution in [3.63, 3.8) is 0 Å². The van der Waals surface area contributed by atoms with E-state index in [1.54, 1.807) is 9.80 Å². The minimum atomic E-state index is -0.590. The number of nitrogens with zero attached hydrogens (tertiary/aromatic N) is 2. The molecule has 0 aromatic heterocycles. The van der Waals surface area contributed by atoms with Crippen LogP contribution < -0.4 is 0 Å². The SMILES string of the molecule is CC(C)(C)OC(=O)N(CCc1ccccc1)[C@@H]1CCN(C(=O)OCC2c3ccccc3-c3ccccc32)C1. The number of fused-ring (bicyclic) bond motifs is 3. The summed E-state index contributed by atoms with van der Waals surface area (Å²) in [6.07, 6.45) is 0.745. The van der Waals surface area contributed by atoms with E-state index in [9.17, 15) is 9.59 Å². The Morgan fingerprint density at radius 3 is 2.13 bits per heavy atom. The predicted molar refractivity (Wildman–Crippen MR) is 148 cm³/mol. The summed E-state index contributed by atoms with van der Waals surface area (Å²) in [5.41, 5.74) is 5.37. The zero-order valence-electron chi connectivity index (χ0n) is 22.4. The van der Waals surface area contributed by atoms with Crippen LogP contribution in [0.15, 0.2) is 78.9 Å². The lowest BCUT2D eigenvalue weighted by molar-refractivity contribution is 0.0167. The van der Waals surface area contributed by atoms with Crippen molar-refractivity contribution in [3.05, 3.63) is 95.6 Å². The average Bonchev–Trinajstić information content (AvgIpc) is 3.51. The van der Waals surface area contributed by atoms with Crippen LogP contribution in [0.25, 0.3) is 11.1 Å². The topological polar surface area (TPSA) is 59.1 Å². The molecule has 6 nitrogen and oxygen atoms in total. The van der Waals surface area contributed by atoms with E-state index in [1.807, 2.05) is 63.2 Å². The van der Waals surface area contributed by atoms with Crippen LogP contribution in [0.1, 0.15) is 49.8 Å². The number of ether oxygens (including phenoxy) is 2. The van der Waals surface area contributed by atoms with E-state index in [2.05, 4.69) is 36.4 Å². The van der Waals surface area contributed by atoms with Gasteiger partial charge in [-0.15, -0.1) is 0 Å². The van der Waals surface area contributed by atoms with Crippen LogP contribution in [0.4, 0.5) is 9.59 Å². The van der Waals surface area contributed by atoms with Gasteiger partial charge < -0.3 is 19.3 Å². The second-order valence-corrected chi connectivity index (χ2v) is 11.1. The number of likely N-dealkylation sites (tertiary alicyclic amines) is 1. The van der Waals surface area contributed by atoms with E-state index in [4.69, 9.17) is 9.47 Å². The zero-order valence-corrected chi connectivity index (χ0v) is 22.4. The van der Waals surface area contributed by atoms with Gasteiger partial charge in [-0.3, -0.25) is 0 Å². The van der Waals surface area contributed by atoms with Crippen molar-refractivity contribution in [2.24, 2.45) is 0 Å². The highest BCUT2D eigenvalue weighted by atomic mass is 16.6. The maximum Gasteiger partial charge on any atom is 0.410 e. The molecule has 1 atom stereocenters. The first-order valence-electron chi connectivity index (χ1n) is 13.4. The first-order valence-corrected chi connectivity index (χ1v) is 13.4. The minimum absolute atomic E-state index is 0.0221. The highest BCUT2D eigenvalue weighted by Gasteiger charge is 2.36. The standard InChI is InChI=1S/C32H36N2O4/c1-32(2,3)38-31(36)34(20-17-23-11-5-4-6-12-23)24-18-19-33(21-24)30(35)37-22-29-27-15-9-7-13-25(27)26-14-8-10-16-28(26)29/h4-16,24,29H,17-22H2,1-3H3/t24-/m1/s1. The average molecular weight is 513 g/mol. The minimum Gasteiger partial charge on any atom is -0.448 e. The molecule has 1 saturated heterocycles. The molecule has 0 radical (unpaired) electrons. The Kier molecular flexibility index (Phi) is 7.41. The van der Waals surface area contributed by atoms with Gasteiger partial charge in [-0.05, 0) is 61.4 Å². The van der Waals surface area contributed by atoms with Crippen molar-refractivity contribution in [1.82, 2.24) is 9.80 Å². The molecule has 38 heavy (non-hydrogen) atoms. The summed E-state index contributed by atoms with van der Waals surface area (Å²) in [4.78, 5) is 29.8. The largest absolute Gasteiger partial charge is 0.448 e. The molecule has 0 unspecified atom stereocenters. The van der Waals surface area contributed by atoms with Crippen LogP contribution in [0.3, 0.4) is 0 Å². The highest BCUT2D eigenvalue weighted by molar-refractivity contribution is 5.79. The Bertz CT molecular complexity index is 1240. The van der Waals surface area contributed by atoms with Crippen LogP contribution in [-0.4, -0.2) is 59.9 Å². The summed E-state index contributed by atoms with van der Waals surface area (Å²) in [5, 5.41) is 0. The first kappa shape index (κ1) is 25.8. The quantitative estimate of drug-likeness (QED) is 0.379. The molecule has 3 aromatic rings. The fourth-order valence-corrected chi connectivity index (χ4v) is 5.49. The lowest BCUT2D eigenvalue weighted by atomic mass is 9.98. The van der Waals surface area contributed by atoms with Gasteiger partial charge >= 0.3 is 12.2 Å². The number of amides is 2. The molecule has 5 rings (SSSR count). The van der Waals surface area contributed by atoms with Crippen LogP contribution >= 0.6 is 0 Å². The van der Waals surface area contributed by atoms with E-state index < -0.39 is 5.60 Å². The fraction of sp³-hybridized carbons (Fsp3) is 0.375. The lowest BCUT2D eigenvalue weighted by Gasteiger charge is -2.31. The third kappa shape index (κ3) is 5.69. The Morgan fingerprint density at radius 2 is 1.50 bits per heavy atom. The Balaban J connectivity index is 1.23. The van der Waals surface area contributed by atoms with Gasteiger partial charge in [0.2, 0.25) is 0 Å². The van der Waals surface area contributed by atoms with Gasteiger partial charge in [-0.2, -0.15) is 0 Å². The molecule has 3 aromatic carbocycles. The maximum absolute atomic E-state index is 13.1. The van der Waals surface area contributed by atoms with Gasteiger partial charge in [-0.25, -0.2) is 9.59 Å². The number of hydrogen-bond acceptors (Lipinski definition) is 4. The van der Waals surface area contributed by atoms with Gasteiger partial charge in [0.1, 0.15) is 12.2 Å². The maximum atomic E-state index is 13.1. The molecule has 2 aliphatic rings. The summed E-state index contributed by atoms with van der Waals surface area (Å²) in [6, 6.07) is 26.6. The van der Waals surface area contributed by atoms with Crippen LogP contribution in [0, 0.1) is 0 Å². The highest BCUT2D eigenvalue weighted by Crippen LogP contribution is 2.44. The van der Waals surface area contributed by atoms with E-state index in [1.165, 1.54) is 22.3 Å². The van der Waals surface area contributed by atoms with Crippen LogP contribution in [-0.2, 0) is 15.9 Å². The van der Waals surface area contributed by atoms with Gasteiger partial charge in [0.15, 0.2) is 0 Å². The molecule has 2 amide bonds. The molecule has 6 heteroatoms. The van der Waals surface area contributed by atoms with E-state index in [-0.39, 0.29) is 30.8 Å². The number of benzene rings is 3. The molecular formula is C32H36N2O4. The molecule has 0 spiro atoms. The zero-order chi connectivity index (χ0) is 26.7. The number of carbonyl (C=O) groups is 2. The van der Waals surface area contributed by atoms with Crippen molar-refractivity contribution in [2.75, 3.05) is 26.2 Å². The van der Waals surface area contributed by atoms with Crippen LogP contribution in [0.5, 0.6) is 0 Å². The van der Waals surface area contributed by atoms with E-state index in [0.717, 1.165) is 12.0 Å². The summed E-state index contributed by atoms with van der Waals surface area (Å²) in [6.45, 7) is 7.42. The van der Waals surface area contributed by atoms with Crippen LogP contribution in [0.2, 0.25) is 0 Å². The smallest absolute Gasteiger partial charge is 0.410 e. The van der Waals surface area contributed by atoms with Gasteiger partial charge in [-0.1, -0.05) is 78.9 Å². The number of rotatable bonds is 6. The molecule has 0 saturated carbocycles. The second-order valence-electron chi connectivity index (χ2n) is 11.1. The fourth-order valence-electron chi connectivity index (χ4n) is 5.49. The third-order valence-electron chi connectivity index (χ3n) is 7.31. The molecule has 1 fully saturated rings. The molecule has 1 aliphatic carbocycles. The summed E-state index contributed by atoms with van der Waals surface area (Å²) >= 11 is 0. The first-order chi connectivity index (χ1) is 18.3. The van der Waals surface area contributed by atoms with E-state index >= 15 is 0 Å². The normalized spacial score (nSPS) is 16.6. The summed E-state index contributed by atoms with van der Waals surface area (Å²) in [5.74, 6) is 0.0221. The van der Waals surface area contributed by atoms with Crippen molar-refractivity contribution < 1.29 is 19.1 Å². The van der Waals surface area contributed by atoms with Crippen molar-refractivity contribution >= 4 is 12.2 Å². The number of hydrogen-bond donors (Lipinski definition) is 0. The van der Waals surface area contributed by atoms with Crippen molar-refractivity contribution in [1.29, 1.82) is 0 Å². The Labute approximate surface area is 225 Å². The van der Waals surface area contributed by atoms with Crippen molar-refractivity contribution in [2.45, 2.75) is 51.2 Å². The van der Waals surface area contributed by atoms with Gasteiger partial charge in [0.05, 0.1) is 6.04 Å². The number of carbonyl (C=O) groups excluding carboxylic acids is 2. The second kappa shape index (κ2) is 10.9. The molecular weight excluding hydrogens is 476 g/mol. The molecule has 1 heterocycles. The molecule has 0 bridgehead atoms. The molecule has 0 N–H and O–H groups in total.